The van der Waals surface area contributed by atoms with E-state index < -0.39 is 0 Å². The van der Waals surface area contributed by atoms with E-state index in [1.165, 1.54) is 0 Å². The lowest BCUT2D eigenvalue weighted by molar-refractivity contribution is -0.130. The van der Waals surface area contributed by atoms with Gasteiger partial charge in [-0.1, -0.05) is 6.92 Å². The van der Waals surface area contributed by atoms with Crippen LogP contribution in [0, 0.1) is 0 Å². The Hall–Kier alpha value is -1.43. The summed E-state index contributed by atoms with van der Waals surface area (Å²) in [6.45, 7) is 9.43. The number of nitrogens with zero attached hydrogens (tertiary/aromatic N) is 6. The third-order valence-corrected chi connectivity index (χ3v) is 4.23. The molecule has 0 radical (unpaired) electrons. The van der Waals surface area contributed by atoms with E-state index in [1.807, 2.05) is 9.47 Å². The van der Waals surface area contributed by atoms with Gasteiger partial charge in [-0.3, -0.25) is 9.79 Å². The first-order chi connectivity index (χ1) is 12.2. The van der Waals surface area contributed by atoms with Crippen LogP contribution in [-0.4, -0.2) is 89.4 Å². The van der Waals surface area contributed by atoms with Gasteiger partial charge in [0.2, 0.25) is 5.91 Å². The Morgan fingerprint density at radius 3 is 2.62 bits per heavy atom. The maximum Gasteiger partial charge on any atom is 0.219 e. The lowest BCUT2D eigenvalue weighted by atomic mass is 10.3. The number of amides is 1. The Labute approximate surface area is 172 Å². The molecule has 1 fully saturated rings. The Bertz CT molecular complexity index is 571. The molecule has 1 aromatic heterocycles. The van der Waals surface area contributed by atoms with E-state index in [4.69, 9.17) is 4.74 Å². The average Bonchev–Trinajstić information content (AvgIpc) is 3.08. The molecule has 9 nitrogen and oxygen atoms in total. The predicted molar refractivity (Wildman–Crippen MR) is 111 cm³/mol. The molecule has 0 atom stereocenters. The van der Waals surface area contributed by atoms with Crippen molar-refractivity contribution in [3.05, 3.63) is 12.2 Å². The summed E-state index contributed by atoms with van der Waals surface area (Å²) >= 11 is 0. The summed E-state index contributed by atoms with van der Waals surface area (Å²) in [5.74, 6) is 1.98. The number of carbonyl (C=O) groups excluding carboxylic acids is 1. The van der Waals surface area contributed by atoms with Gasteiger partial charge in [0, 0.05) is 59.7 Å². The fraction of sp³-hybridized carbons (Fsp3) is 0.750. The normalized spacial score (nSPS) is 15.0. The Morgan fingerprint density at radius 2 is 2.00 bits per heavy atom. The van der Waals surface area contributed by atoms with Crippen LogP contribution in [0.1, 0.15) is 19.7 Å². The standard InChI is InChI=1S/C16H29N7O2.HI/c1-4-15-20-19-13-23(15)7-5-17-16(18-6-12-25-3)22-10-8-21(9-11-22)14(2)24;/h13H,4-12H2,1-3H3,(H,17,18);1H. The molecular formula is C16H30IN7O2. The fourth-order valence-corrected chi connectivity index (χ4v) is 2.77. The van der Waals surface area contributed by atoms with Crippen molar-refractivity contribution in [1.82, 2.24) is 29.9 Å². The zero-order valence-corrected chi connectivity index (χ0v) is 18.2. The highest BCUT2D eigenvalue weighted by atomic mass is 127. The number of hydrogen-bond acceptors (Lipinski definition) is 5. The van der Waals surface area contributed by atoms with Gasteiger partial charge in [-0.2, -0.15) is 0 Å². The third kappa shape index (κ3) is 6.71. The SMILES string of the molecule is CCc1nncn1CCNC(=NCCOC)N1CCN(C(C)=O)CC1.I. The van der Waals surface area contributed by atoms with Crippen LogP contribution in [0.3, 0.4) is 0 Å². The summed E-state index contributed by atoms with van der Waals surface area (Å²) < 4.78 is 7.14. The van der Waals surface area contributed by atoms with Crippen molar-refractivity contribution in [2.24, 2.45) is 4.99 Å². The second kappa shape index (κ2) is 12.0. The minimum Gasteiger partial charge on any atom is -0.383 e. The summed E-state index contributed by atoms with van der Waals surface area (Å²) in [4.78, 5) is 20.2. The quantitative estimate of drug-likeness (QED) is 0.261. The van der Waals surface area contributed by atoms with Crippen LogP contribution in [0.2, 0.25) is 0 Å². The van der Waals surface area contributed by atoms with Gasteiger partial charge in [0.05, 0.1) is 13.2 Å². The molecule has 1 saturated heterocycles. The van der Waals surface area contributed by atoms with Crippen LogP contribution in [-0.2, 0) is 22.5 Å². The van der Waals surface area contributed by atoms with Crippen LogP contribution >= 0.6 is 24.0 Å². The topological polar surface area (TPSA) is 87.9 Å². The van der Waals surface area contributed by atoms with Gasteiger partial charge in [0.15, 0.2) is 5.96 Å². The predicted octanol–water partition coefficient (Wildman–Crippen LogP) is 0.215. The van der Waals surface area contributed by atoms with Crippen molar-refractivity contribution < 1.29 is 9.53 Å². The lowest BCUT2D eigenvalue weighted by Crippen LogP contribution is -2.53. The Balaban J connectivity index is 0.00000338. The fourth-order valence-electron chi connectivity index (χ4n) is 2.77. The van der Waals surface area contributed by atoms with Crippen molar-refractivity contribution >= 4 is 35.8 Å². The Kier molecular flexibility index (Phi) is 10.5. The number of piperazine rings is 1. The number of hydrogen-bond donors (Lipinski definition) is 1. The first-order valence-electron chi connectivity index (χ1n) is 8.80. The number of guanidine groups is 1. The van der Waals surface area contributed by atoms with Crippen molar-refractivity contribution in [1.29, 1.82) is 0 Å². The van der Waals surface area contributed by atoms with Crippen molar-refractivity contribution in [2.45, 2.75) is 26.8 Å². The van der Waals surface area contributed by atoms with E-state index in [1.54, 1.807) is 20.4 Å². The molecule has 0 bridgehead atoms. The average molecular weight is 479 g/mol. The number of nitrogens with one attached hydrogen (secondary N) is 1. The molecule has 2 rings (SSSR count). The van der Waals surface area contributed by atoms with E-state index in [0.29, 0.717) is 13.2 Å². The molecule has 148 valence electrons. The highest BCUT2D eigenvalue weighted by Gasteiger charge is 2.21. The summed E-state index contributed by atoms with van der Waals surface area (Å²) in [7, 11) is 1.67. The summed E-state index contributed by atoms with van der Waals surface area (Å²) in [5.41, 5.74) is 0. The summed E-state index contributed by atoms with van der Waals surface area (Å²) in [6.07, 6.45) is 2.62. The minimum atomic E-state index is 0. The summed E-state index contributed by atoms with van der Waals surface area (Å²) in [5, 5.41) is 11.5. The molecule has 0 aliphatic carbocycles. The monoisotopic (exact) mass is 479 g/mol. The second-order valence-electron chi connectivity index (χ2n) is 5.91. The van der Waals surface area contributed by atoms with Crippen LogP contribution in [0.5, 0.6) is 0 Å². The van der Waals surface area contributed by atoms with E-state index >= 15 is 0 Å². The number of rotatable bonds is 7. The van der Waals surface area contributed by atoms with Gasteiger partial charge in [0.1, 0.15) is 12.2 Å². The van der Waals surface area contributed by atoms with E-state index in [-0.39, 0.29) is 29.9 Å². The third-order valence-electron chi connectivity index (χ3n) is 4.23. The van der Waals surface area contributed by atoms with Gasteiger partial charge >= 0.3 is 0 Å². The number of methoxy groups -OCH3 is 1. The number of aliphatic imine (C=N–C) groups is 1. The van der Waals surface area contributed by atoms with Gasteiger partial charge in [-0.15, -0.1) is 34.2 Å². The van der Waals surface area contributed by atoms with Crippen LogP contribution in [0.15, 0.2) is 11.3 Å². The molecule has 10 heteroatoms. The van der Waals surface area contributed by atoms with Gasteiger partial charge < -0.3 is 24.4 Å². The van der Waals surface area contributed by atoms with Crippen LogP contribution in [0.25, 0.3) is 0 Å². The number of carbonyl (C=O) groups is 1. The maximum absolute atomic E-state index is 11.5. The van der Waals surface area contributed by atoms with E-state index in [2.05, 4.69) is 32.3 Å². The van der Waals surface area contributed by atoms with Gasteiger partial charge in [0.25, 0.3) is 0 Å². The summed E-state index contributed by atoms with van der Waals surface area (Å²) in [6, 6.07) is 0. The van der Waals surface area contributed by atoms with Gasteiger partial charge in [-0.25, -0.2) is 0 Å². The smallest absolute Gasteiger partial charge is 0.219 e. The van der Waals surface area contributed by atoms with Crippen molar-refractivity contribution in [3.8, 4) is 0 Å². The molecule has 1 amide bonds. The number of halogens is 1. The number of aromatic nitrogens is 3. The zero-order valence-electron chi connectivity index (χ0n) is 15.8. The molecule has 1 N–H and O–H groups in total. The highest BCUT2D eigenvalue weighted by Crippen LogP contribution is 2.03. The first kappa shape index (κ1) is 22.6. The van der Waals surface area contributed by atoms with E-state index in [9.17, 15) is 4.79 Å². The molecule has 1 aliphatic rings. The molecule has 0 spiro atoms. The van der Waals surface area contributed by atoms with E-state index in [0.717, 1.165) is 57.5 Å². The Morgan fingerprint density at radius 1 is 1.31 bits per heavy atom. The zero-order chi connectivity index (χ0) is 18.1. The first-order valence-corrected chi connectivity index (χ1v) is 8.80. The minimum absolute atomic E-state index is 0. The van der Waals surface area contributed by atoms with Gasteiger partial charge in [-0.05, 0) is 0 Å². The second-order valence-corrected chi connectivity index (χ2v) is 5.91. The molecule has 0 saturated carbocycles. The van der Waals surface area contributed by atoms with Crippen LogP contribution in [0.4, 0.5) is 0 Å². The molecule has 1 aromatic rings. The number of aryl methyl sites for hydroxylation is 1. The highest BCUT2D eigenvalue weighted by molar-refractivity contribution is 14.0. The molecule has 2 heterocycles. The maximum atomic E-state index is 11.5. The van der Waals surface area contributed by atoms with Crippen LogP contribution < -0.4 is 5.32 Å². The largest absolute Gasteiger partial charge is 0.383 e. The molecular weight excluding hydrogens is 449 g/mol. The van der Waals surface area contributed by atoms with Crippen molar-refractivity contribution in [2.75, 3.05) is 53.0 Å². The lowest BCUT2D eigenvalue weighted by Gasteiger charge is -2.36. The van der Waals surface area contributed by atoms with Crippen molar-refractivity contribution in [3.63, 3.8) is 0 Å². The molecule has 0 aromatic carbocycles. The molecule has 26 heavy (non-hydrogen) atoms. The number of ether oxygens (including phenoxy) is 1. The molecule has 0 unspecified atom stereocenters. The molecule has 1 aliphatic heterocycles.